The third-order valence-corrected chi connectivity index (χ3v) is 3.24. The maximum Gasteiger partial charge on any atom is 0.191 e. The van der Waals surface area contributed by atoms with Crippen molar-refractivity contribution in [3.8, 4) is 0 Å². The molecule has 0 fully saturated rings. The summed E-state index contributed by atoms with van der Waals surface area (Å²) in [5, 5.41) is 6.79. The van der Waals surface area contributed by atoms with Crippen molar-refractivity contribution in [3.63, 3.8) is 0 Å². The Morgan fingerprint density at radius 2 is 2.14 bits per heavy atom. The molecule has 1 heterocycles. The van der Waals surface area contributed by atoms with Crippen molar-refractivity contribution in [1.29, 1.82) is 0 Å². The first kappa shape index (κ1) is 17.5. The summed E-state index contributed by atoms with van der Waals surface area (Å²) in [6.45, 7) is 13.6. The maximum absolute atomic E-state index is 4.62. The Bertz CT molecular complexity index is 403. The number of aromatic nitrogens is 2. The fourth-order valence-corrected chi connectivity index (χ4v) is 1.97. The van der Waals surface area contributed by atoms with Crippen LogP contribution in [0.3, 0.4) is 0 Å². The quantitative estimate of drug-likeness (QED) is 0.600. The maximum atomic E-state index is 4.62. The molecule has 0 bridgehead atoms. The van der Waals surface area contributed by atoms with Gasteiger partial charge in [0.05, 0.1) is 12.9 Å². The third kappa shape index (κ3) is 8.38. The summed E-state index contributed by atoms with van der Waals surface area (Å²) in [6.07, 6.45) is 7.93. The van der Waals surface area contributed by atoms with Crippen LogP contribution in [-0.4, -0.2) is 34.6 Å². The zero-order valence-electron chi connectivity index (χ0n) is 14.2. The van der Waals surface area contributed by atoms with Gasteiger partial charge in [-0.05, 0) is 32.1 Å². The van der Waals surface area contributed by atoms with Crippen LogP contribution >= 0.6 is 0 Å². The first-order valence-corrected chi connectivity index (χ1v) is 7.91. The molecule has 0 aliphatic rings. The molecule has 0 amide bonds. The average molecular weight is 293 g/mol. The van der Waals surface area contributed by atoms with Gasteiger partial charge in [0.15, 0.2) is 5.96 Å². The SMILES string of the molecule is CCNC(=NCCn1ccnc1)NC(C)CCC(C)(C)C. The second-order valence-electron chi connectivity index (χ2n) is 6.71. The van der Waals surface area contributed by atoms with Crippen molar-refractivity contribution >= 4 is 5.96 Å². The molecule has 0 saturated heterocycles. The highest BCUT2D eigenvalue weighted by Crippen LogP contribution is 2.21. The normalized spacial score (nSPS) is 14.0. The van der Waals surface area contributed by atoms with Crippen molar-refractivity contribution in [2.75, 3.05) is 13.1 Å². The first-order chi connectivity index (χ1) is 9.90. The summed E-state index contributed by atoms with van der Waals surface area (Å²) >= 11 is 0. The Morgan fingerprint density at radius 3 is 2.71 bits per heavy atom. The molecule has 1 aromatic rings. The van der Waals surface area contributed by atoms with E-state index in [1.807, 2.05) is 17.1 Å². The van der Waals surface area contributed by atoms with E-state index in [0.29, 0.717) is 11.5 Å². The lowest BCUT2D eigenvalue weighted by Gasteiger charge is -2.23. The lowest BCUT2D eigenvalue weighted by atomic mass is 9.89. The predicted octanol–water partition coefficient (Wildman–Crippen LogP) is 2.65. The highest BCUT2D eigenvalue weighted by molar-refractivity contribution is 5.79. The standard InChI is InChI=1S/C16H31N5/c1-6-18-15(19-10-12-21-11-9-17-13-21)20-14(2)7-8-16(3,4)5/h9,11,13-14H,6-8,10,12H2,1-5H3,(H2,18,19,20). The predicted molar refractivity (Wildman–Crippen MR) is 89.5 cm³/mol. The van der Waals surface area contributed by atoms with Crippen molar-refractivity contribution in [3.05, 3.63) is 18.7 Å². The van der Waals surface area contributed by atoms with Gasteiger partial charge < -0.3 is 15.2 Å². The van der Waals surface area contributed by atoms with E-state index in [9.17, 15) is 0 Å². The van der Waals surface area contributed by atoms with Crippen molar-refractivity contribution in [2.45, 2.75) is 60.0 Å². The van der Waals surface area contributed by atoms with Crippen LogP contribution in [-0.2, 0) is 6.54 Å². The van der Waals surface area contributed by atoms with Gasteiger partial charge in [-0.2, -0.15) is 0 Å². The number of guanidine groups is 1. The minimum Gasteiger partial charge on any atom is -0.357 e. The van der Waals surface area contributed by atoms with E-state index in [1.54, 1.807) is 6.20 Å². The van der Waals surface area contributed by atoms with E-state index in [4.69, 9.17) is 0 Å². The van der Waals surface area contributed by atoms with Crippen LogP contribution in [0.15, 0.2) is 23.7 Å². The van der Waals surface area contributed by atoms with Crippen LogP contribution in [0, 0.1) is 5.41 Å². The smallest absolute Gasteiger partial charge is 0.191 e. The van der Waals surface area contributed by atoms with E-state index < -0.39 is 0 Å². The monoisotopic (exact) mass is 293 g/mol. The zero-order valence-corrected chi connectivity index (χ0v) is 14.2. The molecule has 5 heteroatoms. The zero-order chi connectivity index (χ0) is 15.7. The van der Waals surface area contributed by atoms with Crippen molar-refractivity contribution in [2.24, 2.45) is 10.4 Å². The van der Waals surface area contributed by atoms with Crippen LogP contribution in [0.5, 0.6) is 0 Å². The van der Waals surface area contributed by atoms with E-state index in [1.165, 1.54) is 6.42 Å². The second-order valence-corrected chi connectivity index (χ2v) is 6.71. The molecule has 0 spiro atoms. The van der Waals surface area contributed by atoms with Gasteiger partial charge in [0, 0.05) is 31.5 Å². The molecule has 1 rings (SSSR count). The van der Waals surface area contributed by atoms with E-state index >= 15 is 0 Å². The summed E-state index contributed by atoms with van der Waals surface area (Å²) in [5.41, 5.74) is 0.382. The molecular formula is C16H31N5. The van der Waals surface area contributed by atoms with Gasteiger partial charge >= 0.3 is 0 Å². The summed E-state index contributed by atoms with van der Waals surface area (Å²) < 4.78 is 2.04. The van der Waals surface area contributed by atoms with Crippen LogP contribution in [0.25, 0.3) is 0 Å². The lowest BCUT2D eigenvalue weighted by Crippen LogP contribution is -2.42. The molecule has 1 unspecified atom stereocenters. The number of imidazole rings is 1. The minimum atomic E-state index is 0.382. The van der Waals surface area contributed by atoms with Gasteiger partial charge in [-0.3, -0.25) is 4.99 Å². The fraction of sp³-hybridized carbons (Fsp3) is 0.750. The number of aliphatic imine (C=N–C) groups is 1. The largest absolute Gasteiger partial charge is 0.357 e. The molecule has 120 valence electrons. The number of rotatable bonds is 7. The van der Waals surface area contributed by atoms with Gasteiger partial charge in [0.1, 0.15) is 0 Å². The van der Waals surface area contributed by atoms with E-state index in [-0.39, 0.29) is 0 Å². The molecule has 21 heavy (non-hydrogen) atoms. The molecule has 5 nitrogen and oxygen atoms in total. The lowest BCUT2D eigenvalue weighted by molar-refractivity contribution is 0.346. The minimum absolute atomic E-state index is 0.382. The van der Waals surface area contributed by atoms with Gasteiger partial charge in [0.2, 0.25) is 0 Å². The number of nitrogens with one attached hydrogen (secondary N) is 2. The van der Waals surface area contributed by atoms with Crippen molar-refractivity contribution < 1.29 is 0 Å². The Balaban J connectivity index is 2.40. The van der Waals surface area contributed by atoms with Gasteiger partial charge in [-0.1, -0.05) is 20.8 Å². The van der Waals surface area contributed by atoms with Crippen LogP contribution in [0.2, 0.25) is 0 Å². The fourth-order valence-electron chi connectivity index (χ4n) is 1.97. The molecule has 0 aromatic carbocycles. The Morgan fingerprint density at radius 1 is 1.38 bits per heavy atom. The first-order valence-electron chi connectivity index (χ1n) is 7.91. The molecule has 2 N–H and O–H groups in total. The average Bonchev–Trinajstić information content (AvgIpc) is 2.89. The summed E-state index contributed by atoms with van der Waals surface area (Å²) in [4.78, 5) is 8.65. The topological polar surface area (TPSA) is 54.2 Å². The highest BCUT2D eigenvalue weighted by Gasteiger charge is 2.13. The second kappa shape index (κ2) is 8.70. The van der Waals surface area contributed by atoms with E-state index in [0.717, 1.165) is 32.0 Å². The molecule has 0 aliphatic heterocycles. The van der Waals surface area contributed by atoms with Gasteiger partial charge in [-0.15, -0.1) is 0 Å². The molecule has 1 aromatic heterocycles. The van der Waals surface area contributed by atoms with Gasteiger partial charge in [-0.25, -0.2) is 4.98 Å². The summed E-state index contributed by atoms with van der Waals surface area (Å²) in [6, 6.07) is 0.426. The van der Waals surface area contributed by atoms with Crippen LogP contribution in [0.1, 0.15) is 47.5 Å². The Kier molecular flexibility index (Phi) is 7.26. The van der Waals surface area contributed by atoms with E-state index in [2.05, 4.69) is 55.2 Å². The third-order valence-electron chi connectivity index (χ3n) is 3.24. The molecule has 1 atom stereocenters. The molecule has 0 radical (unpaired) electrons. The Hall–Kier alpha value is -1.52. The Labute approximate surface area is 129 Å². The molecular weight excluding hydrogens is 262 g/mol. The molecule has 0 saturated carbocycles. The van der Waals surface area contributed by atoms with Crippen LogP contribution in [0.4, 0.5) is 0 Å². The van der Waals surface area contributed by atoms with Crippen LogP contribution < -0.4 is 10.6 Å². The van der Waals surface area contributed by atoms with Gasteiger partial charge in [0.25, 0.3) is 0 Å². The molecule has 0 aliphatic carbocycles. The van der Waals surface area contributed by atoms with Crippen molar-refractivity contribution in [1.82, 2.24) is 20.2 Å². The number of nitrogens with zero attached hydrogens (tertiary/aromatic N) is 3. The summed E-state index contributed by atoms with van der Waals surface area (Å²) in [5.74, 6) is 0.902. The highest BCUT2D eigenvalue weighted by atomic mass is 15.2. The summed E-state index contributed by atoms with van der Waals surface area (Å²) in [7, 11) is 0. The number of hydrogen-bond acceptors (Lipinski definition) is 2. The number of hydrogen-bond donors (Lipinski definition) is 2.